The number of hydrogen-bond acceptors (Lipinski definition) is 6. The molecule has 0 saturated heterocycles. The van der Waals surface area contributed by atoms with E-state index in [0.29, 0.717) is 5.69 Å². The highest BCUT2D eigenvalue weighted by molar-refractivity contribution is 5.68. The minimum atomic E-state index is -4.43. The van der Waals surface area contributed by atoms with E-state index in [1.54, 1.807) is 13.1 Å². The van der Waals surface area contributed by atoms with Crippen LogP contribution in [0.2, 0.25) is 0 Å². The van der Waals surface area contributed by atoms with Crippen molar-refractivity contribution in [2.45, 2.75) is 25.8 Å². The van der Waals surface area contributed by atoms with Gasteiger partial charge in [0.1, 0.15) is 6.54 Å². The van der Waals surface area contributed by atoms with Crippen molar-refractivity contribution in [1.82, 2.24) is 15.0 Å². The third-order valence-corrected chi connectivity index (χ3v) is 2.97. The molecule has 0 aliphatic carbocycles. The Morgan fingerprint density at radius 3 is 2.92 bits per heavy atom. The third kappa shape index (κ3) is 5.71. The summed E-state index contributed by atoms with van der Waals surface area (Å²) in [6, 6.07) is 2.88. The molecule has 1 atom stereocenters. The first kappa shape index (κ1) is 18.6. The van der Waals surface area contributed by atoms with Gasteiger partial charge in [-0.2, -0.15) is 17.7 Å². The molecule has 0 spiro atoms. The van der Waals surface area contributed by atoms with Gasteiger partial charge < -0.3 is 9.47 Å². The van der Waals surface area contributed by atoms with Gasteiger partial charge in [-0.05, 0) is 13.0 Å². The fourth-order valence-corrected chi connectivity index (χ4v) is 1.91. The van der Waals surface area contributed by atoms with Crippen LogP contribution in [0.25, 0.3) is 0 Å². The molecule has 0 radical (unpaired) electrons. The maximum atomic E-state index is 12.2. The van der Waals surface area contributed by atoms with Gasteiger partial charge in [0.2, 0.25) is 6.20 Å². The van der Waals surface area contributed by atoms with Gasteiger partial charge in [-0.15, -0.1) is 5.10 Å². The molecule has 1 unspecified atom stereocenters. The first-order valence-corrected chi connectivity index (χ1v) is 7.30. The molecule has 2 rings (SSSR count). The summed E-state index contributed by atoms with van der Waals surface area (Å²) in [6.07, 6.45) is -0.919. The minimum absolute atomic E-state index is 0.00851. The second-order valence-electron chi connectivity index (χ2n) is 4.98. The summed E-state index contributed by atoms with van der Waals surface area (Å²) in [7, 11) is 0. The number of carbonyl (C=O) groups is 1. The molecule has 2 N–H and O–H groups in total. The molecule has 0 amide bonds. The van der Waals surface area contributed by atoms with E-state index >= 15 is 0 Å². The number of esters is 1. The van der Waals surface area contributed by atoms with Crippen molar-refractivity contribution in [2.75, 3.05) is 13.2 Å². The number of nitrogens with zero attached hydrogens (tertiary/aromatic N) is 4. The molecule has 0 aliphatic heterocycles. The molecule has 11 heteroatoms. The fraction of sp³-hybridized carbons (Fsp3) is 0.429. The lowest BCUT2D eigenvalue weighted by Crippen LogP contribution is -2.45. The fourth-order valence-electron chi connectivity index (χ4n) is 1.91. The number of ether oxygens (including phenoxy) is 2. The number of alkyl halides is 3. The van der Waals surface area contributed by atoms with Crippen molar-refractivity contribution in [3.63, 3.8) is 0 Å². The van der Waals surface area contributed by atoms with Gasteiger partial charge in [0.15, 0.2) is 24.2 Å². The van der Waals surface area contributed by atoms with E-state index in [2.05, 4.69) is 15.0 Å². The SMILES string of the molecule is CCOC(=O)Cn1cc(C(N)[n+]2cccc(OCC(F)(F)F)c2)nn1. The Morgan fingerprint density at radius 1 is 1.48 bits per heavy atom. The Bertz CT molecular complexity index is 720. The highest BCUT2D eigenvalue weighted by atomic mass is 19.4. The van der Waals surface area contributed by atoms with Crippen molar-refractivity contribution in [1.29, 1.82) is 0 Å². The van der Waals surface area contributed by atoms with Gasteiger partial charge >= 0.3 is 12.1 Å². The molecular weight excluding hydrogens is 343 g/mol. The second kappa shape index (κ2) is 7.92. The highest BCUT2D eigenvalue weighted by Gasteiger charge is 2.29. The number of rotatable bonds is 7. The van der Waals surface area contributed by atoms with Crippen LogP contribution in [-0.2, 0) is 16.1 Å². The van der Waals surface area contributed by atoms with Crippen LogP contribution in [0.15, 0.2) is 30.7 Å². The number of halogens is 3. The maximum Gasteiger partial charge on any atom is 0.422 e. The molecule has 0 aromatic carbocycles. The smallest absolute Gasteiger partial charge is 0.422 e. The van der Waals surface area contributed by atoms with Crippen molar-refractivity contribution < 1.29 is 32.0 Å². The first-order valence-electron chi connectivity index (χ1n) is 7.30. The normalized spacial score (nSPS) is 12.7. The molecule has 0 aliphatic rings. The van der Waals surface area contributed by atoms with E-state index in [1.807, 2.05) is 0 Å². The summed E-state index contributed by atoms with van der Waals surface area (Å²) in [5.74, 6) is -0.461. The Kier molecular flexibility index (Phi) is 5.91. The van der Waals surface area contributed by atoms with E-state index < -0.39 is 24.9 Å². The predicted octanol–water partition coefficient (Wildman–Crippen LogP) is 0.575. The molecule has 2 heterocycles. The largest absolute Gasteiger partial charge is 0.478 e. The lowest BCUT2D eigenvalue weighted by Gasteiger charge is -2.09. The summed E-state index contributed by atoms with van der Waals surface area (Å²) in [5.41, 5.74) is 6.34. The van der Waals surface area contributed by atoms with Crippen LogP contribution in [0.4, 0.5) is 13.2 Å². The van der Waals surface area contributed by atoms with Crippen LogP contribution < -0.4 is 15.0 Å². The van der Waals surface area contributed by atoms with Gasteiger partial charge in [0.05, 0.1) is 12.8 Å². The van der Waals surface area contributed by atoms with Crippen molar-refractivity contribution in [3.8, 4) is 5.75 Å². The summed E-state index contributed by atoms with van der Waals surface area (Å²) >= 11 is 0. The Labute approximate surface area is 140 Å². The quantitative estimate of drug-likeness (QED) is 0.573. The van der Waals surface area contributed by atoms with E-state index in [4.69, 9.17) is 10.5 Å². The monoisotopic (exact) mass is 360 g/mol. The highest BCUT2D eigenvalue weighted by Crippen LogP contribution is 2.17. The third-order valence-electron chi connectivity index (χ3n) is 2.97. The maximum absolute atomic E-state index is 12.2. The standard InChI is InChI=1S/C14H17F3N5O3/c1-2-24-12(23)8-22-7-11(19-20-22)13(18)21-5-3-4-10(6-21)25-9-14(15,16)17/h3-7,13H,2,8-9,18H2,1H3/q+1. The molecule has 2 aromatic rings. The second-order valence-corrected chi connectivity index (χ2v) is 4.98. The molecular formula is C14H17F3N5O3+. The zero-order chi connectivity index (χ0) is 18.4. The molecule has 2 aromatic heterocycles. The van der Waals surface area contributed by atoms with E-state index in [9.17, 15) is 18.0 Å². The van der Waals surface area contributed by atoms with Crippen molar-refractivity contribution in [3.05, 3.63) is 36.4 Å². The summed E-state index contributed by atoms with van der Waals surface area (Å²) < 4.78 is 48.8. The van der Waals surface area contributed by atoms with Crippen LogP contribution in [-0.4, -0.2) is 40.4 Å². The van der Waals surface area contributed by atoms with Gasteiger partial charge in [-0.1, -0.05) is 5.21 Å². The van der Waals surface area contributed by atoms with E-state index in [0.717, 1.165) is 0 Å². The average molecular weight is 360 g/mol. The molecule has 0 bridgehead atoms. The van der Waals surface area contributed by atoms with Crippen LogP contribution in [0, 0.1) is 0 Å². The number of aromatic nitrogens is 4. The number of carbonyl (C=O) groups excluding carboxylic acids is 1. The predicted molar refractivity (Wildman–Crippen MR) is 77.2 cm³/mol. The van der Waals surface area contributed by atoms with Crippen LogP contribution >= 0.6 is 0 Å². The number of nitrogens with two attached hydrogens (primary N) is 1. The van der Waals surface area contributed by atoms with Crippen LogP contribution in [0.5, 0.6) is 5.75 Å². The summed E-state index contributed by atoms with van der Waals surface area (Å²) in [6.45, 7) is 0.417. The van der Waals surface area contributed by atoms with E-state index in [-0.39, 0.29) is 18.9 Å². The van der Waals surface area contributed by atoms with Gasteiger partial charge in [0.25, 0.3) is 6.17 Å². The Morgan fingerprint density at radius 2 is 2.24 bits per heavy atom. The lowest BCUT2D eigenvalue weighted by molar-refractivity contribution is -0.714. The van der Waals surface area contributed by atoms with E-state index in [1.165, 1.54) is 33.8 Å². The number of pyridine rings is 1. The lowest BCUT2D eigenvalue weighted by atomic mass is 10.3. The molecule has 8 nitrogen and oxygen atoms in total. The summed E-state index contributed by atoms with van der Waals surface area (Å²) in [4.78, 5) is 11.4. The molecule has 0 fully saturated rings. The Balaban J connectivity index is 2.06. The van der Waals surface area contributed by atoms with Crippen LogP contribution in [0.3, 0.4) is 0 Å². The van der Waals surface area contributed by atoms with Gasteiger partial charge in [-0.3, -0.25) is 10.5 Å². The molecule has 25 heavy (non-hydrogen) atoms. The minimum Gasteiger partial charge on any atom is -0.478 e. The van der Waals surface area contributed by atoms with Crippen molar-refractivity contribution >= 4 is 5.97 Å². The van der Waals surface area contributed by atoms with Crippen molar-refractivity contribution in [2.24, 2.45) is 5.73 Å². The van der Waals surface area contributed by atoms with Crippen LogP contribution in [0.1, 0.15) is 18.8 Å². The number of hydrogen-bond donors (Lipinski definition) is 1. The van der Waals surface area contributed by atoms with Gasteiger partial charge in [0, 0.05) is 6.07 Å². The zero-order valence-electron chi connectivity index (χ0n) is 13.3. The average Bonchev–Trinajstić information content (AvgIpc) is 3.00. The molecule has 0 saturated carbocycles. The Hall–Kier alpha value is -2.69. The zero-order valence-corrected chi connectivity index (χ0v) is 13.3. The first-order chi connectivity index (χ1) is 11.8. The topological polar surface area (TPSA) is 96.1 Å². The van der Waals surface area contributed by atoms with Gasteiger partial charge in [-0.25, -0.2) is 4.68 Å². The molecule has 136 valence electrons. The summed E-state index contributed by atoms with van der Waals surface area (Å²) in [5, 5.41) is 7.63.